The number of furan rings is 1. The normalized spacial score (nSPS) is 11.2. The van der Waals surface area contributed by atoms with Crippen LogP contribution in [0, 0.1) is 37.8 Å². The van der Waals surface area contributed by atoms with Gasteiger partial charge in [0.1, 0.15) is 23.8 Å². The van der Waals surface area contributed by atoms with Gasteiger partial charge in [0.25, 0.3) is 5.91 Å². The zero-order valence-corrected chi connectivity index (χ0v) is 19.1. The summed E-state index contributed by atoms with van der Waals surface area (Å²) in [5, 5.41) is 27.3. The number of nitrogens with one attached hydrogen (secondary N) is 1. The van der Waals surface area contributed by atoms with Gasteiger partial charge >= 0.3 is 5.69 Å². The van der Waals surface area contributed by atoms with Crippen molar-refractivity contribution < 1.29 is 14.1 Å². The van der Waals surface area contributed by atoms with E-state index >= 15 is 0 Å². The molecular formula is C20H21ClN8O4. The highest BCUT2D eigenvalue weighted by atomic mass is 35.5. The Morgan fingerprint density at radius 2 is 1.88 bits per heavy atom. The van der Waals surface area contributed by atoms with E-state index in [1.807, 2.05) is 13.8 Å². The lowest BCUT2D eigenvalue weighted by molar-refractivity contribution is -0.386. The van der Waals surface area contributed by atoms with Crippen LogP contribution < -0.4 is 5.32 Å². The average molecular weight is 473 g/mol. The molecular weight excluding hydrogens is 452 g/mol. The van der Waals surface area contributed by atoms with Crippen molar-refractivity contribution in [2.45, 2.75) is 40.9 Å². The molecule has 172 valence electrons. The Hall–Kier alpha value is -3.93. The van der Waals surface area contributed by atoms with E-state index in [-0.39, 0.29) is 18.0 Å². The zero-order chi connectivity index (χ0) is 23.9. The highest BCUT2D eigenvalue weighted by Crippen LogP contribution is 2.23. The smallest absolute Gasteiger partial charge is 0.312 e. The first-order valence-corrected chi connectivity index (χ1v) is 10.3. The fourth-order valence-electron chi connectivity index (χ4n) is 3.49. The molecule has 4 aromatic rings. The molecule has 0 saturated carbocycles. The van der Waals surface area contributed by atoms with Crippen LogP contribution in [0.3, 0.4) is 0 Å². The number of nitrogens with zero attached hydrogens (tertiary/aromatic N) is 7. The van der Waals surface area contributed by atoms with Crippen molar-refractivity contribution in [3.8, 4) is 0 Å². The largest absolute Gasteiger partial charge is 0.454 e. The summed E-state index contributed by atoms with van der Waals surface area (Å²) in [4.78, 5) is 23.3. The second-order valence-corrected chi connectivity index (χ2v) is 7.93. The number of rotatable bonds is 7. The van der Waals surface area contributed by atoms with Crippen LogP contribution in [0.5, 0.6) is 0 Å². The minimum atomic E-state index is -0.460. The van der Waals surface area contributed by atoms with E-state index in [0.29, 0.717) is 34.5 Å². The van der Waals surface area contributed by atoms with Crippen molar-refractivity contribution >= 4 is 28.9 Å². The summed E-state index contributed by atoms with van der Waals surface area (Å²) in [6.45, 7) is 7.39. The molecule has 0 bridgehead atoms. The first-order valence-electron chi connectivity index (χ1n) is 9.94. The number of aryl methyl sites for hydroxylation is 2. The molecule has 13 heteroatoms. The van der Waals surface area contributed by atoms with E-state index in [9.17, 15) is 14.9 Å². The predicted molar refractivity (Wildman–Crippen MR) is 118 cm³/mol. The molecule has 0 aromatic carbocycles. The molecule has 0 radical (unpaired) electrons. The van der Waals surface area contributed by atoms with Crippen LogP contribution in [0.1, 0.15) is 39.1 Å². The summed E-state index contributed by atoms with van der Waals surface area (Å²) in [6, 6.07) is 3.17. The van der Waals surface area contributed by atoms with Gasteiger partial charge in [-0.1, -0.05) is 11.6 Å². The van der Waals surface area contributed by atoms with E-state index in [2.05, 4.69) is 20.6 Å². The maximum absolute atomic E-state index is 12.6. The lowest BCUT2D eigenvalue weighted by Crippen LogP contribution is -2.12. The molecule has 0 atom stereocenters. The number of nitro groups is 1. The molecule has 0 aliphatic carbocycles. The first-order chi connectivity index (χ1) is 15.6. The van der Waals surface area contributed by atoms with Crippen LogP contribution in [-0.2, 0) is 13.2 Å². The van der Waals surface area contributed by atoms with Gasteiger partial charge in [-0.15, -0.1) is 0 Å². The Labute approximate surface area is 192 Å². The predicted octanol–water partition coefficient (Wildman–Crippen LogP) is 3.47. The lowest BCUT2D eigenvalue weighted by Gasteiger charge is -2.04. The molecule has 0 spiro atoms. The molecule has 12 nitrogen and oxygen atoms in total. The van der Waals surface area contributed by atoms with E-state index in [4.69, 9.17) is 16.0 Å². The Kier molecular flexibility index (Phi) is 5.77. The number of halogens is 1. The maximum atomic E-state index is 12.6. The second kappa shape index (κ2) is 8.54. The fourth-order valence-corrected chi connectivity index (χ4v) is 3.62. The molecule has 0 aliphatic heterocycles. The van der Waals surface area contributed by atoms with Crippen LogP contribution in [0.25, 0.3) is 0 Å². The number of hydrogen-bond donors (Lipinski definition) is 1. The van der Waals surface area contributed by atoms with Crippen LogP contribution >= 0.6 is 11.6 Å². The molecule has 0 saturated heterocycles. The third-order valence-corrected chi connectivity index (χ3v) is 5.73. The van der Waals surface area contributed by atoms with Gasteiger partial charge in [0.15, 0.2) is 5.76 Å². The number of amides is 1. The fraction of sp³-hybridized carbons (Fsp3) is 0.300. The molecule has 0 unspecified atom stereocenters. The van der Waals surface area contributed by atoms with Crippen LogP contribution in [0.2, 0.25) is 5.02 Å². The molecule has 4 aromatic heterocycles. The molecule has 1 N–H and O–H groups in total. The van der Waals surface area contributed by atoms with Gasteiger partial charge in [0.05, 0.1) is 46.0 Å². The van der Waals surface area contributed by atoms with Crippen molar-refractivity contribution in [1.82, 2.24) is 29.3 Å². The van der Waals surface area contributed by atoms with E-state index in [1.54, 1.807) is 35.5 Å². The van der Waals surface area contributed by atoms with Crippen LogP contribution in [0.15, 0.2) is 28.9 Å². The summed E-state index contributed by atoms with van der Waals surface area (Å²) in [5.74, 6) is 0.0890. The van der Waals surface area contributed by atoms with Crippen molar-refractivity contribution in [1.29, 1.82) is 0 Å². The molecule has 0 aliphatic rings. The summed E-state index contributed by atoms with van der Waals surface area (Å²) < 4.78 is 10.4. The van der Waals surface area contributed by atoms with Gasteiger partial charge in [-0.3, -0.25) is 19.6 Å². The van der Waals surface area contributed by atoms with Gasteiger partial charge in [-0.2, -0.15) is 15.3 Å². The minimum absolute atomic E-state index is 0.0285. The van der Waals surface area contributed by atoms with Crippen LogP contribution in [-0.4, -0.2) is 40.2 Å². The lowest BCUT2D eigenvalue weighted by atomic mass is 10.3. The van der Waals surface area contributed by atoms with Gasteiger partial charge in [-0.25, -0.2) is 9.36 Å². The zero-order valence-electron chi connectivity index (χ0n) is 18.4. The SMILES string of the molecule is Cc1nn(Cn2cc(NC(=O)c3ccc(Cn4nc(C)c([N+](=O)[O-])c4C)o3)cn2)c(C)c1Cl. The Bertz CT molecular complexity index is 1360. The molecule has 4 rings (SSSR count). The standard InChI is InChI=1S/C20H21ClN8O4/c1-11-18(21)13(3)28(24-11)10-26-8-15(7-22-26)23-20(30)17-6-5-16(33-17)9-27-14(4)19(29(31)32)12(2)25-27/h5-8H,9-10H2,1-4H3,(H,23,30). The summed E-state index contributed by atoms with van der Waals surface area (Å²) in [6.07, 6.45) is 3.19. The van der Waals surface area contributed by atoms with Crippen molar-refractivity contribution in [2.24, 2.45) is 0 Å². The highest BCUT2D eigenvalue weighted by Gasteiger charge is 2.22. The highest BCUT2D eigenvalue weighted by molar-refractivity contribution is 6.31. The third kappa shape index (κ3) is 4.37. The number of aromatic nitrogens is 6. The van der Waals surface area contributed by atoms with Gasteiger partial charge in [0, 0.05) is 0 Å². The number of carbonyl (C=O) groups excluding carboxylic acids is 1. The molecule has 33 heavy (non-hydrogen) atoms. The van der Waals surface area contributed by atoms with Gasteiger partial charge in [-0.05, 0) is 39.8 Å². The third-order valence-electron chi connectivity index (χ3n) is 5.18. The number of carbonyl (C=O) groups is 1. The minimum Gasteiger partial charge on any atom is -0.454 e. The summed E-state index contributed by atoms with van der Waals surface area (Å²) in [5.41, 5.74) is 2.75. The quantitative estimate of drug-likeness (QED) is 0.321. The molecule has 1 amide bonds. The Morgan fingerprint density at radius 3 is 2.52 bits per heavy atom. The van der Waals surface area contributed by atoms with E-state index in [0.717, 1.165) is 11.4 Å². The average Bonchev–Trinajstić information content (AvgIpc) is 3.50. The maximum Gasteiger partial charge on any atom is 0.312 e. The van der Waals surface area contributed by atoms with Gasteiger partial charge < -0.3 is 9.73 Å². The summed E-state index contributed by atoms with van der Waals surface area (Å²) in [7, 11) is 0. The molecule has 4 heterocycles. The van der Waals surface area contributed by atoms with E-state index < -0.39 is 10.8 Å². The summed E-state index contributed by atoms with van der Waals surface area (Å²) >= 11 is 6.18. The number of hydrogen-bond acceptors (Lipinski definition) is 7. The monoisotopic (exact) mass is 472 g/mol. The number of anilines is 1. The molecule has 0 fully saturated rings. The topological polar surface area (TPSA) is 139 Å². The first kappa shape index (κ1) is 22.3. The Morgan fingerprint density at radius 1 is 1.15 bits per heavy atom. The van der Waals surface area contributed by atoms with Crippen LogP contribution in [0.4, 0.5) is 11.4 Å². The Balaban J connectivity index is 1.42. The van der Waals surface area contributed by atoms with Gasteiger partial charge in [0.2, 0.25) is 0 Å². The van der Waals surface area contributed by atoms with Crippen molar-refractivity contribution in [3.05, 3.63) is 74.0 Å². The second-order valence-electron chi connectivity index (χ2n) is 7.55. The van der Waals surface area contributed by atoms with Crippen molar-refractivity contribution in [3.63, 3.8) is 0 Å². The van der Waals surface area contributed by atoms with Crippen molar-refractivity contribution in [2.75, 3.05) is 5.32 Å². The van der Waals surface area contributed by atoms with E-state index in [1.165, 1.54) is 16.9 Å².